The number of hydrogen-bond acceptors (Lipinski definition) is 12. The summed E-state index contributed by atoms with van der Waals surface area (Å²) in [6.45, 7) is 16.5. The Balaban J connectivity index is 0.689. The number of carbonyl (C=O) groups is 1. The maximum absolute atomic E-state index is 14.1. The highest BCUT2D eigenvalue weighted by Crippen LogP contribution is 2.41. The average molecular weight is 952 g/mol. The molecule has 3 fully saturated rings. The van der Waals surface area contributed by atoms with Crippen molar-refractivity contribution in [1.82, 2.24) is 44.4 Å². The molecule has 1 atom stereocenters. The summed E-state index contributed by atoms with van der Waals surface area (Å²) in [6.07, 6.45) is 4.00. The van der Waals surface area contributed by atoms with E-state index < -0.39 is 11.6 Å². The van der Waals surface area contributed by atoms with Gasteiger partial charge in [0.25, 0.3) is 6.01 Å². The number of nitrogens with one attached hydrogen (secondary N) is 1. The van der Waals surface area contributed by atoms with Gasteiger partial charge >= 0.3 is 0 Å². The number of piperidine rings is 1. The van der Waals surface area contributed by atoms with E-state index in [-0.39, 0.29) is 24.3 Å². The van der Waals surface area contributed by atoms with E-state index in [0.717, 1.165) is 97.4 Å². The van der Waals surface area contributed by atoms with Crippen LogP contribution in [0, 0.1) is 26.7 Å². The van der Waals surface area contributed by atoms with Crippen LogP contribution in [0.1, 0.15) is 85.2 Å². The van der Waals surface area contributed by atoms with Crippen molar-refractivity contribution in [2.45, 2.75) is 90.5 Å². The number of aryl methyl sites for hydroxylation is 2. The molecule has 6 aromatic rings. The van der Waals surface area contributed by atoms with Crippen molar-refractivity contribution in [1.29, 1.82) is 0 Å². The van der Waals surface area contributed by atoms with E-state index in [1.807, 2.05) is 80.3 Å². The summed E-state index contributed by atoms with van der Waals surface area (Å²) in [4.78, 5) is 40.2. The van der Waals surface area contributed by atoms with Gasteiger partial charge in [0, 0.05) is 65.4 Å². The lowest BCUT2D eigenvalue weighted by Crippen LogP contribution is -2.54. The van der Waals surface area contributed by atoms with Crippen LogP contribution in [-0.4, -0.2) is 131 Å². The molecule has 1 saturated carbocycles. The van der Waals surface area contributed by atoms with Gasteiger partial charge in [-0.3, -0.25) is 24.2 Å². The van der Waals surface area contributed by atoms with Crippen LogP contribution in [0.3, 0.4) is 0 Å². The number of aromatic amines is 1. The Morgan fingerprint density at radius 1 is 0.924 bits per heavy atom. The number of imidazole rings is 1. The standard InChI is InChI=1S/C49H56Cl2N10O4S/c1-28-29(2)66-47-42(28)44(32-6-10-34(50)11-7-32)52-40(46-57-56-30(3)61(46)47)27-41(62)60-20-18-59(19-21-60)35-14-16-58(17-15-35)22-23-64-36-12-8-31(9-13-36)43-38(51)26-39-45(54-43)55-48(53-39)65-37-24-33(25-37)49(4,5)63/h6-13,26,33,35,37,40,63H,14-25,27H2,1-5H3,(H,53,54,55)/t33?,37?,40-/m0/s1. The van der Waals surface area contributed by atoms with Crippen molar-refractivity contribution in [3.05, 3.63) is 97.9 Å². The smallest absolute Gasteiger partial charge is 0.296 e. The summed E-state index contributed by atoms with van der Waals surface area (Å²) in [6, 6.07) is 17.9. The van der Waals surface area contributed by atoms with E-state index in [1.54, 1.807) is 11.3 Å². The fourth-order valence-corrected chi connectivity index (χ4v) is 11.4. The van der Waals surface area contributed by atoms with E-state index in [1.165, 1.54) is 10.4 Å². The topological polar surface area (TPSA) is 150 Å². The molecule has 2 N–H and O–H groups in total. The van der Waals surface area contributed by atoms with Crippen molar-refractivity contribution in [3.63, 3.8) is 0 Å². The molecule has 0 unspecified atom stereocenters. The number of ether oxygens (including phenoxy) is 2. The summed E-state index contributed by atoms with van der Waals surface area (Å²) in [7, 11) is 0. The number of H-pyrrole nitrogens is 1. The first-order valence-electron chi connectivity index (χ1n) is 23.0. The zero-order chi connectivity index (χ0) is 45.9. The minimum atomic E-state index is -0.706. The third-order valence-corrected chi connectivity index (χ3v) is 15.8. The van der Waals surface area contributed by atoms with Crippen LogP contribution in [0.25, 0.3) is 27.4 Å². The molecule has 14 nitrogen and oxygen atoms in total. The number of thiophene rings is 1. The molecule has 1 amide bonds. The van der Waals surface area contributed by atoms with Crippen LogP contribution in [0.4, 0.5) is 0 Å². The Morgan fingerprint density at radius 2 is 1.64 bits per heavy atom. The number of piperazine rings is 1. The van der Waals surface area contributed by atoms with Crippen LogP contribution in [-0.2, 0) is 4.79 Å². The summed E-state index contributed by atoms with van der Waals surface area (Å²) in [5.41, 5.74) is 6.13. The average Bonchev–Trinajstić information content (AvgIpc) is 3.93. The number of likely N-dealkylation sites (tertiary alicyclic amines) is 1. The molecule has 0 radical (unpaired) electrons. The lowest BCUT2D eigenvalue weighted by molar-refractivity contribution is -0.133. The Morgan fingerprint density at radius 3 is 2.35 bits per heavy atom. The van der Waals surface area contributed by atoms with Crippen molar-refractivity contribution in [3.8, 4) is 28.0 Å². The number of nitrogens with zero attached hydrogens (tertiary/aromatic N) is 9. The second-order valence-corrected chi connectivity index (χ2v) is 20.8. The van der Waals surface area contributed by atoms with Crippen molar-refractivity contribution >= 4 is 57.3 Å². The minimum absolute atomic E-state index is 0.0151. The van der Waals surface area contributed by atoms with Gasteiger partial charge in [0.15, 0.2) is 11.5 Å². The maximum Gasteiger partial charge on any atom is 0.296 e. The van der Waals surface area contributed by atoms with Crippen LogP contribution in [0.15, 0.2) is 59.6 Å². The van der Waals surface area contributed by atoms with E-state index >= 15 is 0 Å². The second-order valence-electron chi connectivity index (χ2n) is 18.8. The number of rotatable bonds is 12. The third kappa shape index (κ3) is 9.10. The molecular weight excluding hydrogens is 896 g/mol. The predicted molar refractivity (Wildman–Crippen MR) is 259 cm³/mol. The molecule has 7 heterocycles. The SMILES string of the molecule is Cc1sc2c(c1C)C(c1ccc(Cl)cc1)=N[C@@H](CC(=O)N1CCN(C3CCN(CCOc4ccc(-c5nc6nc(OC7CC(C(C)(C)O)C7)[nH]c6cc5Cl)cc4)CC3)CC1)c1nnc(C)n1-2. The second kappa shape index (κ2) is 18.3. The Hall–Kier alpha value is -4.90. The summed E-state index contributed by atoms with van der Waals surface area (Å²) in [5.74, 6) is 2.60. The van der Waals surface area contributed by atoms with Crippen molar-refractivity contribution < 1.29 is 19.4 Å². The molecule has 2 saturated heterocycles. The maximum atomic E-state index is 14.1. The molecule has 10 rings (SSSR count). The molecule has 66 heavy (non-hydrogen) atoms. The summed E-state index contributed by atoms with van der Waals surface area (Å²) < 4.78 is 14.3. The molecular formula is C49H56Cl2N10O4S. The monoisotopic (exact) mass is 950 g/mol. The lowest BCUT2D eigenvalue weighted by Gasteiger charge is -2.42. The van der Waals surface area contributed by atoms with Gasteiger partial charge < -0.3 is 24.5 Å². The number of hydrogen-bond donors (Lipinski definition) is 2. The number of benzene rings is 2. The number of amides is 1. The minimum Gasteiger partial charge on any atom is -0.492 e. The van der Waals surface area contributed by atoms with Gasteiger partial charge in [0.05, 0.1) is 34.0 Å². The van der Waals surface area contributed by atoms with Gasteiger partial charge in [-0.25, -0.2) is 4.98 Å². The lowest BCUT2D eigenvalue weighted by atomic mass is 9.72. The van der Waals surface area contributed by atoms with E-state index in [9.17, 15) is 9.90 Å². The van der Waals surface area contributed by atoms with E-state index in [0.29, 0.717) is 64.5 Å². The van der Waals surface area contributed by atoms with Crippen LogP contribution < -0.4 is 9.47 Å². The number of carbonyl (C=O) groups excluding carboxylic acids is 1. The number of pyridine rings is 1. The molecule has 4 aliphatic rings. The fourth-order valence-electron chi connectivity index (χ4n) is 9.82. The molecule has 17 heteroatoms. The number of fused-ring (bicyclic) bond motifs is 4. The van der Waals surface area contributed by atoms with Gasteiger partial charge in [-0.1, -0.05) is 35.3 Å². The van der Waals surface area contributed by atoms with Gasteiger partial charge in [-0.05, 0) is 127 Å². The first kappa shape index (κ1) is 44.9. The van der Waals surface area contributed by atoms with Gasteiger partial charge in [0.1, 0.15) is 35.3 Å². The molecule has 0 bridgehead atoms. The first-order valence-corrected chi connectivity index (χ1v) is 24.6. The van der Waals surface area contributed by atoms with Gasteiger partial charge in [-0.15, -0.1) is 21.5 Å². The highest BCUT2D eigenvalue weighted by atomic mass is 35.5. The molecule has 3 aliphatic heterocycles. The molecule has 2 aromatic carbocycles. The number of aliphatic hydroxyl groups is 1. The highest BCUT2D eigenvalue weighted by Gasteiger charge is 2.41. The normalized spacial score (nSPS) is 20.7. The van der Waals surface area contributed by atoms with Crippen molar-refractivity contribution in [2.75, 3.05) is 52.4 Å². The zero-order valence-electron chi connectivity index (χ0n) is 38.1. The van der Waals surface area contributed by atoms with Crippen LogP contribution in [0.5, 0.6) is 11.8 Å². The molecule has 0 spiro atoms. The number of halogens is 2. The number of aromatic nitrogens is 6. The Bertz CT molecular complexity index is 2760. The quantitative estimate of drug-likeness (QED) is 0.123. The third-order valence-electron chi connectivity index (χ3n) is 14.0. The fraction of sp³-hybridized carbons (Fsp3) is 0.469. The summed E-state index contributed by atoms with van der Waals surface area (Å²) in [5, 5.41) is 21.6. The van der Waals surface area contributed by atoms with Crippen LogP contribution >= 0.6 is 34.5 Å². The van der Waals surface area contributed by atoms with E-state index in [4.69, 9.17) is 42.7 Å². The molecule has 4 aromatic heterocycles. The molecule has 1 aliphatic carbocycles. The van der Waals surface area contributed by atoms with Crippen LogP contribution in [0.2, 0.25) is 10.0 Å². The summed E-state index contributed by atoms with van der Waals surface area (Å²) >= 11 is 14.7. The zero-order valence-corrected chi connectivity index (χ0v) is 40.4. The highest BCUT2D eigenvalue weighted by molar-refractivity contribution is 7.15. The Kier molecular flexibility index (Phi) is 12.5. The number of aliphatic imine (C=N–C) groups is 1. The van der Waals surface area contributed by atoms with Gasteiger partial charge in [-0.2, -0.15) is 4.98 Å². The first-order chi connectivity index (χ1) is 31.7. The molecule has 346 valence electrons. The van der Waals surface area contributed by atoms with E-state index in [2.05, 4.69) is 48.4 Å². The predicted octanol–water partition coefficient (Wildman–Crippen LogP) is 8.40. The van der Waals surface area contributed by atoms with Gasteiger partial charge in [0.2, 0.25) is 5.91 Å². The largest absolute Gasteiger partial charge is 0.492 e. The van der Waals surface area contributed by atoms with Crippen molar-refractivity contribution in [2.24, 2.45) is 10.9 Å². The Labute approximate surface area is 399 Å².